The molecule has 0 aromatic heterocycles. The van der Waals surface area contributed by atoms with Gasteiger partial charge in [0.1, 0.15) is 5.82 Å². The number of carbonyl (C=O) groups excluding carboxylic acids is 1. The molecule has 0 bridgehead atoms. The standard InChI is InChI=1S/C13H17FN2O/c1-9-4-5-11(12(14)7-9)13(17)16-6-2-3-10(15)8-16/h4-5,7,10H,2-3,6,8,15H2,1H3. The van der Waals surface area contributed by atoms with Gasteiger partial charge in [0.25, 0.3) is 5.91 Å². The third-order valence-corrected chi connectivity index (χ3v) is 3.10. The number of piperidine rings is 1. The lowest BCUT2D eigenvalue weighted by Crippen LogP contribution is -2.45. The second-order valence-electron chi connectivity index (χ2n) is 4.64. The number of amides is 1. The van der Waals surface area contributed by atoms with Gasteiger partial charge < -0.3 is 10.6 Å². The van der Waals surface area contributed by atoms with Crippen LogP contribution >= 0.6 is 0 Å². The maximum Gasteiger partial charge on any atom is 0.256 e. The van der Waals surface area contributed by atoms with Gasteiger partial charge in [0.05, 0.1) is 5.56 Å². The summed E-state index contributed by atoms with van der Waals surface area (Å²) in [5.41, 5.74) is 6.77. The Balaban J connectivity index is 2.18. The first-order chi connectivity index (χ1) is 8.08. The van der Waals surface area contributed by atoms with E-state index in [1.54, 1.807) is 24.0 Å². The van der Waals surface area contributed by atoms with E-state index >= 15 is 0 Å². The maximum absolute atomic E-state index is 13.7. The molecule has 1 aromatic rings. The van der Waals surface area contributed by atoms with Crippen molar-refractivity contribution in [3.63, 3.8) is 0 Å². The van der Waals surface area contributed by atoms with Crippen molar-refractivity contribution in [2.75, 3.05) is 13.1 Å². The van der Waals surface area contributed by atoms with E-state index in [-0.39, 0.29) is 17.5 Å². The maximum atomic E-state index is 13.7. The van der Waals surface area contributed by atoms with Crippen molar-refractivity contribution in [2.45, 2.75) is 25.8 Å². The molecule has 4 heteroatoms. The van der Waals surface area contributed by atoms with E-state index in [0.717, 1.165) is 18.4 Å². The number of nitrogens with zero attached hydrogens (tertiary/aromatic N) is 1. The molecule has 0 saturated carbocycles. The number of hydrogen-bond donors (Lipinski definition) is 1. The number of benzene rings is 1. The molecule has 1 aliphatic heterocycles. The van der Waals surface area contributed by atoms with Gasteiger partial charge in [-0.15, -0.1) is 0 Å². The van der Waals surface area contributed by atoms with E-state index < -0.39 is 5.82 Å². The lowest BCUT2D eigenvalue weighted by atomic mass is 10.0. The number of nitrogens with two attached hydrogens (primary N) is 1. The van der Waals surface area contributed by atoms with Crippen LogP contribution in [0.3, 0.4) is 0 Å². The minimum Gasteiger partial charge on any atom is -0.337 e. The van der Waals surface area contributed by atoms with Gasteiger partial charge in [-0.05, 0) is 37.5 Å². The number of halogens is 1. The summed E-state index contributed by atoms with van der Waals surface area (Å²) in [6.45, 7) is 2.99. The average molecular weight is 236 g/mol. The van der Waals surface area contributed by atoms with Crippen molar-refractivity contribution >= 4 is 5.91 Å². The van der Waals surface area contributed by atoms with E-state index in [4.69, 9.17) is 5.73 Å². The molecule has 1 aromatic carbocycles. The molecule has 0 spiro atoms. The van der Waals surface area contributed by atoms with Crippen molar-refractivity contribution in [3.05, 3.63) is 35.1 Å². The third kappa shape index (κ3) is 2.64. The van der Waals surface area contributed by atoms with Crippen LogP contribution in [0.2, 0.25) is 0 Å². The lowest BCUT2D eigenvalue weighted by Gasteiger charge is -2.30. The Kier molecular flexibility index (Phi) is 3.43. The molecule has 1 heterocycles. The van der Waals surface area contributed by atoms with Crippen LogP contribution in [0.25, 0.3) is 0 Å². The van der Waals surface area contributed by atoms with Gasteiger partial charge in [-0.25, -0.2) is 4.39 Å². The van der Waals surface area contributed by atoms with Crippen LogP contribution in [-0.4, -0.2) is 29.9 Å². The van der Waals surface area contributed by atoms with Gasteiger partial charge in [-0.2, -0.15) is 0 Å². The highest BCUT2D eigenvalue weighted by molar-refractivity contribution is 5.94. The first-order valence-electron chi connectivity index (χ1n) is 5.89. The van der Waals surface area contributed by atoms with Crippen molar-refractivity contribution in [1.82, 2.24) is 4.90 Å². The molecule has 2 N–H and O–H groups in total. The van der Waals surface area contributed by atoms with Crippen LogP contribution in [0.5, 0.6) is 0 Å². The largest absolute Gasteiger partial charge is 0.337 e. The molecule has 0 aliphatic carbocycles. The van der Waals surface area contributed by atoms with Gasteiger partial charge in [-0.1, -0.05) is 6.07 Å². The summed E-state index contributed by atoms with van der Waals surface area (Å²) in [4.78, 5) is 13.7. The molecule has 1 unspecified atom stereocenters. The van der Waals surface area contributed by atoms with Crippen molar-refractivity contribution in [2.24, 2.45) is 5.73 Å². The zero-order chi connectivity index (χ0) is 12.4. The third-order valence-electron chi connectivity index (χ3n) is 3.10. The Bertz CT molecular complexity index is 433. The fourth-order valence-corrected chi connectivity index (χ4v) is 2.16. The van der Waals surface area contributed by atoms with Gasteiger partial charge in [0.15, 0.2) is 0 Å². The first kappa shape index (κ1) is 12.0. The number of hydrogen-bond acceptors (Lipinski definition) is 2. The number of likely N-dealkylation sites (tertiary alicyclic amines) is 1. The second-order valence-corrected chi connectivity index (χ2v) is 4.64. The highest BCUT2D eigenvalue weighted by Crippen LogP contribution is 2.16. The fraction of sp³-hybridized carbons (Fsp3) is 0.462. The van der Waals surface area contributed by atoms with E-state index in [2.05, 4.69) is 0 Å². The summed E-state index contributed by atoms with van der Waals surface area (Å²) in [5, 5.41) is 0. The Morgan fingerprint density at radius 2 is 2.29 bits per heavy atom. The SMILES string of the molecule is Cc1ccc(C(=O)N2CCCC(N)C2)c(F)c1. The highest BCUT2D eigenvalue weighted by Gasteiger charge is 2.24. The Hall–Kier alpha value is -1.42. The summed E-state index contributed by atoms with van der Waals surface area (Å²) in [6, 6.07) is 4.70. The molecular weight excluding hydrogens is 219 g/mol. The van der Waals surface area contributed by atoms with Gasteiger partial charge in [0, 0.05) is 19.1 Å². The molecule has 1 fully saturated rings. The molecule has 1 amide bonds. The molecular formula is C13H17FN2O. The molecule has 1 atom stereocenters. The molecule has 1 aliphatic rings. The van der Waals surface area contributed by atoms with Gasteiger partial charge in [-0.3, -0.25) is 4.79 Å². The Labute approximate surface area is 100 Å². The summed E-state index contributed by atoms with van der Waals surface area (Å²) in [6.07, 6.45) is 1.82. The average Bonchev–Trinajstić information content (AvgIpc) is 2.28. The predicted octanol–water partition coefficient (Wildman–Crippen LogP) is 1.70. The molecule has 3 nitrogen and oxygen atoms in total. The van der Waals surface area contributed by atoms with Gasteiger partial charge in [0.2, 0.25) is 0 Å². The summed E-state index contributed by atoms with van der Waals surface area (Å²) >= 11 is 0. The van der Waals surface area contributed by atoms with Crippen molar-refractivity contribution in [3.8, 4) is 0 Å². The Morgan fingerprint density at radius 1 is 1.53 bits per heavy atom. The van der Waals surface area contributed by atoms with Crippen LogP contribution in [0.4, 0.5) is 4.39 Å². The Morgan fingerprint density at radius 3 is 2.94 bits per heavy atom. The molecule has 2 rings (SSSR count). The van der Waals surface area contributed by atoms with Crippen LogP contribution in [-0.2, 0) is 0 Å². The van der Waals surface area contributed by atoms with Crippen LogP contribution in [0, 0.1) is 12.7 Å². The molecule has 0 radical (unpaired) electrons. The van der Waals surface area contributed by atoms with Crippen LogP contribution < -0.4 is 5.73 Å². The summed E-state index contributed by atoms with van der Waals surface area (Å²) < 4.78 is 13.7. The van der Waals surface area contributed by atoms with Crippen LogP contribution in [0.1, 0.15) is 28.8 Å². The monoisotopic (exact) mass is 236 g/mol. The zero-order valence-electron chi connectivity index (χ0n) is 9.95. The molecule has 1 saturated heterocycles. The normalized spacial score (nSPS) is 20.4. The van der Waals surface area contributed by atoms with Crippen LogP contribution in [0.15, 0.2) is 18.2 Å². The highest BCUT2D eigenvalue weighted by atomic mass is 19.1. The summed E-state index contributed by atoms with van der Waals surface area (Å²) in [5.74, 6) is -0.702. The fourth-order valence-electron chi connectivity index (χ4n) is 2.16. The minimum atomic E-state index is -0.450. The number of carbonyl (C=O) groups is 1. The minimum absolute atomic E-state index is 0.0150. The van der Waals surface area contributed by atoms with E-state index in [1.165, 1.54) is 6.07 Å². The topological polar surface area (TPSA) is 46.3 Å². The van der Waals surface area contributed by atoms with E-state index in [9.17, 15) is 9.18 Å². The second kappa shape index (κ2) is 4.84. The summed E-state index contributed by atoms with van der Waals surface area (Å²) in [7, 11) is 0. The van der Waals surface area contributed by atoms with Crippen molar-refractivity contribution < 1.29 is 9.18 Å². The molecule has 92 valence electrons. The lowest BCUT2D eigenvalue weighted by molar-refractivity contribution is 0.0704. The molecule has 17 heavy (non-hydrogen) atoms. The first-order valence-corrected chi connectivity index (χ1v) is 5.89. The number of rotatable bonds is 1. The smallest absolute Gasteiger partial charge is 0.256 e. The quantitative estimate of drug-likeness (QED) is 0.806. The van der Waals surface area contributed by atoms with E-state index in [1.807, 2.05) is 0 Å². The van der Waals surface area contributed by atoms with Crippen molar-refractivity contribution in [1.29, 1.82) is 0 Å². The predicted molar refractivity (Wildman–Crippen MR) is 64.2 cm³/mol. The zero-order valence-corrected chi connectivity index (χ0v) is 9.95. The number of aryl methyl sites for hydroxylation is 1. The van der Waals surface area contributed by atoms with E-state index in [0.29, 0.717) is 13.1 Å². The van der Waals surface area contributed by atoms with Gasteiger partial charge >= 0.3 is 0 Å².